The molecular formula is C21H25NO4. The van der Waals surface area contributed by atoms with Crippen LogP contribution in [0.25, 0.3) is 11.1 Å². The highest BCUT2D eigenvalue weighted by Crippen LogP contribution is 2.24. The van der Waals surface area contributed by atoms with Crippen LogP contribution in [0.5, 0.6) is 5.75 Å². The van der Waals surface area contributed by atoms with E-state index in [1.165, 1.54) is 0 Å². The average molecular weight is 355 g/mol. The molecule has 0 fully saturated rings. The predicted molar refractivity (Wildman–Crippen MR) is 102 cm³/mol. The Bertz CT molecular complexity index is 750. The molecule has 2 rings (SSSR count). The number of benzene rings is 2. The fraction of sp³-hybridized carbons (Fsp3) is 0.333. The van der Waals surface area contributed by atoms with E-state index < -0.39 is 11.7 Å². The summed E-state index contributed by atoms with van der Waals surface area (Å²) in [4.78, 5) is 22.5. The number of aldehydes is 1. The van der Waals surface area contributed by atoms with E-state index in [-0.39, 0.29) is 0 Å². The number of carbonyl (C=O) groups is 2. The minimum Gasteiger partial charge on any atom is -0.494 e. The summed E-state index contributed by atoms with van der Waals surface area (Å²) in [6.45, 7) is 6.44. The lowest BCUT2D eigenvalue weighted by Gasteiger charge is -2.19. The summed E-state index contributed by atoms with van der Waals surface area (Å²) in [7, 11) is 0. The van der Waals surface area contributed by atoms with Crippen LogP contribution in [0.15, 0.2) is 48.5 Å². The monoisotopic (exact) mass is 355 g/mol. The van der Waals surface area contributed by atoms with Gasteiger partial charge in [0.1, 0.15) is 17.6 Å². The molecule has 0 aliphatic rings. The molecule has 2 aromatic carbocycles. The smallest absolute Gasteiger partial charge is 0.407 e. The molecule has 0 aliphatic heterocycles. The number of hydrogen-bond donors (Lipinski definition) is 1. The molecule has 0 aromatic heterocycles. The van der Waals surface area contributed by atoms with Gasteiger partial charge in [0, 0.05) is 12.1 Å². The van der Waals surface area contributed by atoms with Gasteiger partial charge in [-0.1, -0.05) is 30.3 Å². The number of carbonyl (C=O) groups excluding carboxylic acids is 2. The lowest BCUT2D eigenvalue weighted by atomic mass is 10.0. The molecule has 1 amide bonds. The lowest BCUT2D eigenvalue weighted by molar-refractivity contribution is 0.0525. The molecule has 5 heteroatoms. The topological polar surface area (TPSA) is 64.6 Å². The fourth-order valence-electron chi connectivity index (χ4n) is 2.32. The van der Waals surface area contributed by atoms with Gasteiger partial charge in [0.2, 0.25) is 0 Å². The van der Waals surface area contributed by atoms with Crippen molar-refractivity contribution in [1.29, 1.82) is 0 Å². The van der Waals surface area contributed by atoms with Crippen LogP contribution < -0.4 is 10.1 Å². The summed E-state index contributed by atoms with van der Waals surface area (Å²) in [6, 6.07) is 15.1. The van der Waals surface area contributed by atoms with Gasteiger partial charge in [-0.2, -0.15) is 0 Å². The van der Waals surface area contributed by atoms with E-state index in [4.69, 9.17) is 9.47 Å². The summed E-state index contributed by atoms with van der Waals surface area (Å²) >= 11 is 0. The Morgan fingerprint density at radius 2 is 1.77 bits per heavy atom. The molecule has 0 bridgehead atoms. The first-order valence-electron chi connectivity index (χ1n) is 8.63. The highest BCUT2D eigenvalue weighted by Gasteiger charge is 2.15. The predicted octanol–water partition coefficient (Wildman–Crippen LogP) is 4.46. The number of hydrogen-bond acceptors (Lipinski definition) is 4. The third-order valence-corrected chi connectivity index (χ3v) is 3.45. The summed E-state index contributed by atoms with van der Waals surface area (Å²) < 4.78 is 10.9. The second-order valence-corrected chi connectivity index (χ2v) is 6.90. The maximum absolute atomic E-state index is 11.5. The maximum atomic E-state index is 11.5. The standard InChI is InChI=1S/C21H25NO4/c1-21(2,3)26-20(24)22-11-6-12-25-19-10-5-9-18(14-19)17-8-4-7-16(13-17)15-23/h4-5,7-10,13-15H,6,11-12H2,1-3H3,(H,22,24). The molecule has 0 aliphatic carbocycles. The third-order valence-electron chi connectivity index (χ3n) is 3.45. The highest BCUT2D eigenvalue weighted by atomic mass is 16.6. The minimum atomic E-state index is -0.498. The molecule has 0 spiro atoms. The summed E-state index contributed by atoms with van der Waals surface area (Å²) in [6.07, 6.45) is 1.08. The molecule has 0 saturated carbocycles. The van der Waals surface area contributed by atoms with E-state index in [1.54, 1.807) is 6.07 Å². The van der Waals surface area contributed by atoms with Gasteiger partial charge in [-0.05, 0) is 56.5 Å². The van der Waals surface area contributed by atoms with Gasteiger partial charge < -0.3 is 14.8 Å². The number of alkyl carbamates (subject to hydrolysis) is 1. The zero-order chi connectivity index (χ0) is 19.0. The van der Waals surface area contributed by atoms with E-state index in [0.29, 0.717) is 25.1 Å². The Morgan fingerprint density at radius 3 is 2.46 bits per heavy atom. The van der Waals surface area contributed by atoms with Crippen LogP contribution in [0.4, 0.5) is 4.79 Å². The quantitative estimate of drug-likeness (QED) is 0.588. The van der Waals surface area contributed by atoms with Gasteiger partial charge in [0.15, 0.2) is 0 Å². The van der Waals surface area contributed by atoms with Crippen LogP contribution in [0.2, 0.25) is 0 Å². The number of rotatable bonds is 7. The van der Waals surface area contributed by atoms with Crippen LogP contribution in [0.1, 0.15) is 37.6 Å². The van der Waals surface area contributed by atoms with Crippen molar-refractivity contribution in [1.82, 2.24) is 5.32 Å². The van der Waals surface area contributed by atoms with Crippen LogP contribution >= 0.6 is 0 Å². The first kappa shape index (κ1) is 19.5. The van der Waals surface area contributed by atoms with Crippen LogP contribution in [0, 0.1) is 0 Å². The molecule has 138 valence electrons. The lowest BCUT2D eigenvalue weighted by Crippen LogP contribution is -2.33. The molecule has 0 saturated heterocycles. The van der Waals surface area contributed by atoms with Crippen molar-refractivity contribution in [2.24, 2.45) is 0 Å². The van der Waals surface area contributed by atoms with E-state index >= 15 is 0 Å². The summed E-state index contributed by atoms with van der Waals surface area (Å²) in [5.74, 6) is 0.747. The SMILES string of the molecule is CC(C)(C)OC(=O)NCCCOc1cccc(-c2cccc(C=O)c2)c1. The van der Waals surface area contributed by atoms with Crippen molar-refractivity contribution in [3.05, 3.63) is 54.1 Å². The fourth-order valence-corrected chi connectivity index (χ4v) is 2.32. The van der Waals surface area contributed by atoms with Crippen molar-refractivity contribution in [3.8, 4) is 16.9 Å². The molecule has 0 atom stereocenters. The van der Waals surface area contributed by atoms with Crippen LogP contribution in [-0.2, 0) is 4.74 Å². The molecule has 26 heavy (non-hydrogen) atoms. The van der Waals surface area contributed by atoms with Gasteiger partial charge in [-0.3, -0.25) is 4.79 Å². The first-order valence-corrected chi connectivity index (χ1v) is 8.63. The van der Waals surface area contributed by atoms with Gasteiger partial charge in [0.25, 0.3) is 0 Å². The normalized spacial score (nSPS) is 10.9. The van der Waals surface area contributed by atoms with Crippen molar-refractivity contribution in [2.75, 3.05) is 13.2 Å². The van der Waals surface area contributed by atoms with E-state index in [1.807, 2.05) is 63.2 Å². The van der Waals surface area contributed by atoms with Gasteiger partial charge in [-0.15, -0.1) is 0 Å². The number of amides is 1. The third kappa shape index (κ3) is 6.59. The Hall–Kier alpha value is -2.82. The Balaban J connectivity index is 1.82. The van der Waals surface area contributed by atoms with E-state index in [9.17, 15) is 9.59 Å². The number of ether oxygens (including phenoxy) is 2. The zero-order valence-electron chi connectivity index (χ0n) is 15.5. The van der Waals surface area contributed by atoms with Crippen LogP contribution in [-0.4, -0.2) is 31.1 Å². The first-order chi connectivity index (χ1) is 12.4. The second-order valence-electron chi connectivity index (χ2n) is 6.90. The van der Waals surface area contributed by atoms with Crippen molar-refractivity contribution < 1.29 is 19.1 Å². The molecule has 5 nitrogen and oxygen atoms in total. The Labute approximate surface area is 154 Å². The zero-order valence-corrected chi connectivity index (χ0v) is 15.5. The van der Waals surface area contributed by atoms with Gasteiger partial charge in [-0.25, -0.2) is 4.79 Å². The van der Waals surface area contributed by atoms with Crippen molar-refractivity contribution in [3.63, 3.8) is 0 Å². The highest BCUT2D eigenvalue weighted by molar-refractivity contribution is 5.79. The van der Waals surface area contributed by atoms with Crippen molar-refractivity contribution in [2.45, 2.75) is 32.8 Å². The Kier molecular flexibility index (Phi) is 6.78. The summed E-state index contributed by atoms with van der Waals surface area (Å²) in [5.41, 5.74) is 2.09. The molecular weight excluding hydrogens is 330 g/mol. The average Bonchev–Trinajstić information content (AvgIpc) is 2.60. The largest absolute Gasteiger partial charge is 0.494 e. The molecule has 0 radical (unpaired) electrons. The van der Waals surface area contributed by atoms with Crippen molar-refractivity contribution >= 4 is 12.4 Å². The molecule has 1 N–H and O–H groups in total. The maximum Gasteiger partial charge on any atom is 0.407 e. The van der Waals surface area contributed by atoms with Gasteiger partial charge >= 0.3 is 6.09 Å². The number of nitrogens with one attached hydrogen (secondary N) is 1. The molecule has 2 aromatic rings. The summed E-state index contributed by atoms with van der Waals surface area (Å²) in [5, 5.41) is 2.70. The molecule has 0 heterocycles. The Morgan fingerprint density at radius 1 is 1.08 bits per heavy atom. The molecule has 0 unspecified atom stereocenters. The minimum absolute atomic E-state index is 0.422. The van der Waals surface area contributed by atoms with Crippen LogP contribution in [0.3, 0.4) is 0 Å². The van der Waals surface area contributed by atoms with E-state index in [0.717, 1.165) is 23.2 Å². The second kappa shape index (κ2) is 9.04. The van der Waals surface area contributed by atoms with Gasteiger partial charge in [0.05, 0.1) is 6.61 Å². The van der Waals surface area contributed by atoms with E-state index in [2.05, 4.69) is 5.32 Å².